The maximum Gasteiger partial charge on any atom is 0.355 e. The summed E-state index contributed by atoms with van der Waals surface area (Å²) < 4.78 is 18.1. The summed E-state index contributed by atoms with van der Waals surface area (Å²) in [7, 11) is 1.29. The average Bonchev–Trinajstić information content (AvgIpc) is 2.77. The summed E-state index contributed by atoms with van der Waals surface area (Å²) in [5.41, 5.74) is 1.14. The van der Waals surface area contributed by atoms with Gasteiger partial charge in [-0.1, -0.05) is 18.2 Å². The number of rotatable bonds is 2. The highest BCUT2D eigenvalue weighted by molar-refractivity contribution is 5.95. The van der Waals surface area contributed by atoms with E-state index in [1.165, 1.54) is 13.2 Å². The van der Waals surface area contributed by atoms with Crippen LogP contribution in [0.1, 0.15) is 10.5 Å². The molecule has 0 spiro atoms. The highest BCUT2D eigenvalue weighted by atomic mass is 19.1. The Morgan fingerprint density at radius 2 is 2.00 bits per heavy atom. The van der Waals surface area contributed by atoms with Crippen LogP contribution in [0.5, 0.6) is 0 Å². The Morgan fingerprint density at radius 3 is 2.69 bits per heavy atom. The Bertz CT molecular complexity index is 519. The van der Waals surface area contributed by atoms with Crippen molar-refractivity contribution in [3.63, 3.8) is 0 Å². The van der Waals surface area contributed by atoms with Crippen LogP contribution in [0.2, 0.25) is 0 Å². The molecule has 0 radical (unpaired) electrons. The number of ether oxygens (including phenoxy) is 1. The maximum atomic E-state index is 13.5. The highest BCUT2D eigenvalue weighted by Crippen LogP contribution is 2.25. The smallest absolute Gasteiger partial charge is 0.355 e. The Morgan fingerprint density at radius 1 is 1.25 bits per heavy atom. The average molecular weight is 219 g/mol. The zero-order chi connectivity index (χ0) is 11.5. The van der Waals surface area contributed by atoms with Gasteiger partial charge in [-0.3, -0.25) is 0 Å². The van der Waals surface area contributed by atoms with Crippen molar-refractivity contribution in [3.05, 3.63) is 48.0 Å². The van der Waals surface area contributed by atoms with E-state index in [1.807, 2.05) is 0 Å². The molecule has 0 aliphatic carbocycles. The number of hydrogen-bond acceptors (Lipinski definition) is 2. The number of hydrogen-bond donors (Lipinski definition) is 1. The van der Waals surface area contributed by atoms with Gasteiger partial charge in [-0.15, -0.1) is 0 Å². The fourth-order valence-corrected chi connectivity index (χ4v) is 1.54. The Labute approximate surface area is 91.9 Å². The van der Waals surface area contributed by atoms with Crippen molar-refractivity contribution in [2.45, 2.75) is 0 Å². The normalized spacial score (nSPS) is 10.1. The number of halogens is 1. The number of carbonyl (C=O) groups is 1. The van der Waals surface area contributed by atoms with Gasteiger partial charge in [-0.2, -0.15) is 0 Å². The van der Waals surface area contributed by atoms with Crippen LogP contribution in [0.25, 0.3) is 11.1 Å². The fourth-order valence-electron chi connectivity index (χ4n) is 1.54. The third-order valence-electron chi connectivity index (χ3n) is 2.30. The van der Waals surface area contributed by atoms with Crippen LogP contribution in [0, 0.1) is 5.82 Å². The number of nitrogens with one attached hydrogen (secondary N) is 1. The second-order valence-electron chi connectivity index (χ2n) is 3.24. The lowest BCUT2D eigenvalue weighted by Gasteiger charge is -2.03. The van der Waals surface area contributed by atoms with Crippen LogP contribution in [-0.4, -0.2) is 18.1 Å². The molecule has 0 fully saturated rings. The number of methoxy groups -OCH3 is 1. The number of H-pyrrole nitrogens is 1. The Kier molecular flexibility index (Phi) is 2.72. The van der Waals surface area contributed by atoms with Gasteiger partial charge >= 0.3 is 5.97 Å². The minimum Gasteiger partial charge on any atom is -0.464 e. The zero-order valence-electron chi connectivity index (χ0n) is 8.66. The molecule has 16 heavy (non-hydrogen) atoms. The molecule has 0 bridgehead atoms. The minimum atomic E-state index is -0.511. The van der Waals surface area contributed by atoms with E-state index in [0.717, 1.165) is 0 Å². The standard InChI is InChI=1S/C12H10FNO2/c1-16-12(15)11-9(6-7-14-11)8-4-2-3-5-10(8)13/h2-7,14H,1H3. The lowest BCUT2D eigenvalue weighted by Crippen LogP contribution is -2.03. The molecule has 1 aromatic carbocycles. The molecule has 1 heterocycles. The van der Waals surface area contributed by atoms with Gasteiger partial charge in [0, 0.05) is 17.3 Å². The minimum absolute atomic E-state index is 0.257. The summed E-state index contributed by atoms with van der Waals surface area (Å²) in [5.74, 6) is -0.879. The first-order chi connectivity index (χ1) is 7.74. The van der Waals surface area contributed by atoms with Crippen LogP contribution in [0.4, 0.5) is 4.39 Å². The fraction of sp³-hybridized carbons (Fsp3) is 0.0833. The van der Waals surface area contributed by atoms with Crippen molar-refractivity contribution in [3.8, 4) is 11.1 Å². The lowest BCUT2D eigenvalue weighted by molar-refractivity contribution is 0.0596. The van der Waals surface area contributed by atoms with E-state index < -0.39 is 5.97 Å². The third kappa shape index (κ3) is 1.69. The van der Waals surface area contributed by atoms with Crippen LogP contribution in [-0.2, 0) is 4.74 Å². The quantitative estimate of drug-likeness (QED) is 0.789. The van der Waals surface area contributed by atoms with Gasteiger partial charge < -0.3 is 9.72 Å². The molecule has 2 aromatic rings. The molecule has 2 rings (SSSR count). The monoisotopic (exact) mass is 219 g/mol. The van der Waals surface area contributed by atoms with E-state index in [1.54, 1.807) is 30.5 Å². The predicted octanol–water partition coefficient (Wildman–Crippen LogP) is 2.61. The summed E-state index contributed by atoms with van der Waals surface area (Å²) in [6.45, 7) is 0. The van der Waals surface area contributed by atoms with Crippen molar-refractivity contribution >= 4 is 5.97 Å². The van der Waals surface area contributed by atoms with Crippen LogP contribution < -0.4 is 0 Å². The van der Waals surface area contributed by atoms with Gasteiger partial charge in [0.15, 0.2) is 0 Å². The first-order valence-corrected chi connectivity index (χ1v) is 4.74. The number of carbonyl (C=O) groups excluding carboxylic acids is 1. The topological polar surface area (TPSA) is 42.1 Å². The Balaban J connectivity index is 2.53. The van der Waals surface area contributed by atoms with Crippen molar-refractivity contribution < 1.29 is 13.9 Å². The van der Waals surface area contributed by atoms with Crippen LogP contribution >= 0.6 is 0 Å². The molecule has 0 aliphatic rings. The number of aromatic nitrogens is 1. The summed E-state index contributed by atoms with van der Waals surface area (Å²) >= 11 is 0. The largest absolute Gasteiger partial charge is 0.464 e. The second kappa shape index (κ2) is 4.18. The molecule has 0 atom stereocenters. The van der Waals surface area contributed by atoms with E-state index in [0.29, 0.717) is 11.1 Å². The van der Waals surface area contributed by atoms with Gasteiger partial charge in [0.2, 0.25) is 0 Å². The second-order valence-corrected chi connectivity index (χ2v) is 3.24. The molecule has 1 N–H and O–H groups in total. The number of aromatic amines is 1. The number of benzene rings is 1. The van der Waals surface area contributed by atoms with Crippen LogP contribution in [0.15, 0.2) is 36.5 Å². The highest BCUT2D eigenvalue weighted by Gasteiger charge is 2.16. The van der Waals surface area contributed by atoms with Crippen molar-refractivity contribution in [1.82, 2.24) is 4.98 Å². The van der Waals surface area contributed by atoms with Crippen LogP contribution in [0.3, 0.4) is 0 Å². The summed E-state index contributed by atoms with van der Waals surface area (Å²) in [4.78, 5) is 14.1. The molecule has 3 nitrogen and oxygen atoms in total. The molecule has 82 valence electrons. The first-order valence-electron chi connectivity index (χ1n) is 4.74. The molecule has 1 aromatic heterocycles. The summed E-state index contributed by atoms with van der Waals surface area (Å²) in [6, 6.07) is 7.93. The van der Waals surface area contributed by atoms with E-state index >= 15 is 0 Å². The van der Waals surface area contributed by atoms with E-state index in [2.05, 4.69) is 9.72 Å². The van der Waals surface area contributed by atoms with E-state index in [-0.39, 0.29) is 11.5 Å². The molecule has 0 saturated heterocycles. The zero-order valence-corrected chi connectivity index (χ0v) is 8.66. The van der Waals surface area contributed by atoms with E-state index in [4.69, 9.17) is 0 Å². The summed E-state index contributed by atoms with van der Waals surface area (Å²) in [6.07, 6.45) is 1.58. The predicted molar refractivity (Wildman–Crippen MR) is 57.5 cm³/mol. The van der Waals surface area contributed by atoms with Crippen molar-refractivity contribution in [2.24, 2.45) is 0 Å². The van der Waals surface area contributed by atoms with Crippen molar-refractivity contribution in [1.29, 1.82) is 0 Å². The van der Waals surface area contributed by atoms with E-state index in [9.17, 15) is 9.18 Å². The van der Waals surface area contributed by atoms with Gasteiger partial charge in [0.05, 0.1) is 7.11 Å². The molecular formula is C12H10FNO2. The Hall–Kier alpha value is -2.10. The molecule has 4 heteroatoms. The van der Waals surface area contributed by atoms with Gasteiger partial charge in [-0.05, 0) is 12.1 Å². The lowest BCUT2D eigenvalue weighted by atomic mass is 10.1. The molecule has 0 unspecified atom stereocenters. The number of esters is 1. The summed E-state index contributed by atoms with van der Waals surface area (Å²) in [5, 5.41) is 0. The van der Waals surface area contributed by atoms with Gasteiger partial charge in [0.1, 0.15) is 11.5 Å². The first kappa shape index (κ1) is 10.4. The molecule has 0 amide bonds. The van der Waals surface area contributed by atoms with Crippen molar-refractivity contribution in [2.75, 3.05) is 7.11 Å². The molecule has 0 aliphatic heterocycles. The molecular weight excluding hydrogens is 209 g/mol. The van der Waals surface area contributed by atoms with Gasteiger partial charge in [0.25, 0.3) is 0 Å². The molecule has 0 saturated carbocycles. The SMILES string of the molecule is COC(=O)c1[nH]ccc1-c1ccccc1F. The maximum absolute atomic E-state index is 13.5. The van der Waals surface area contributed by atoms with Gasteiger partial charge in [-0.25, -0.2) is 9.18 Å². The third-order valence-corrected chi connectivity index (χ3v) is 2.30.